The number of morpholine rings is 1. The van der Waals surface area contributed by atoms with Crippen molar-refractivity contribution in [2.75, 3.05) is 39.6 Å². The van der Waals surface area contributed by atoms with Gasteiger partial charge in [0.05, 0.1) is 31.5 Å². The summed E-state index contributed by atoms with van der Waals surface area (Å²) in [6, 6.07) is 7.57. The minimum atomic E-state index is -3.23. The van der Waals surface area contributed by atoms with Crippen molar-refractivity contribution in [3.8, 4) is 5.75 Å². The van der Waals surface area contributed by atoms with Gasteiger partial charge in [-0.05, 0) is 30.5 Å². The highest BCUT2D eigenvalue weighted by Gasteiger charge is 2.51. The van der Waals surface area contributed by atoms with Crippen LogP contribution in [0.1, 0.15) is 18.4 Å². The predicted octanol–water partition coefficient (Wildman–Crippen LogP) is 0.503. The quantitative estimate of drug-likeness (QED) is 0.791. The Bertz CT molecular complexity index is 728. The van der Waals surface area contributed by atoms with Gasteiger partial charge in [0, 0.05) is 19.6 Å². The van der Waals surface area contributed by atoms with Gasteiger partial charge in [-0.15, -0.1) is 0 Å². The molecule has 0 aromatic heterocycles. The third kappa shape index (κ3) is 3.96. The second-order valence-corrected chi connectivity index (χ2v) is 8.62. The topological polar surface area (TPSA) is 84.9 Å². The molecule has 1 atom stereocenters. The molecule has 2 aliphatic rings. The monoisotopic (exact) mass is 368 g/mol. The van der Waals surface area contributed by atoms with E-state index in [0.29, 0.717) is 19.7 Å². The molecule has 1 N–H and O–H groups in total. The van der Waals surface area contributed by atoms with E-state index in [1.165, 1.54) is 10.6 Å². The lowest BCUT2D eigenvalue weighted by Gasteiger charge is -2.31. The summed E-state index contributed by atoms with van der Waals surface area (Å²) in [7, 11) is -1.62. The highest BCUT2D eigenvalue weighted by Crippen LogP contribution is 2.48. The minimum Gasteiger partial charge on any atom is -0.497 e. The first-order valence-corrected chi connectivity index (χ1v) is 10.2. The lowest BCUT2D eigenvalue weighted by atomic mass is 9.95. The molecule has 1 amide bonds. The van der Waals surface area contributed by atoms with E-state index < -0.39 is 15.4 Å². The number of carbonyl (C=O) groups is 1. The van der Waals surface area contributed by atoms with Crippen molar-refractivity contribution in [2.45, 2.75) is 24.4 Å². The van der Waals surface area contributed by atoms with E-state index in [4.69, 9.17) is 9.47 Å². The Morgan fingerprint density at radius 1 is 1.36 bits per heavy atom. The number of methoxy groups -OCH3 is 1. The third-order valence-electron chi connectivity index (χ3n) is 4.89. The van der Waals surface area contributed by atoms with Gasteiger partial charge in [-0.2, -0.15) is 4.31 Å². The molecule has 0 bridgehead atoms. The van der Waals surface area contributed by atoms with E-state index >= 15 is 0 Å². The summed E-state index contributed by atoms with van der Waals surface area (Å²) in [5.74, 6) is 0.731. The second-order valence-electron chi connectivity index (χ2n) is 6.63. The Morgan fingerprint density at radius 2 is 2.04 bits per heavy atom. The van der Waals surface area contributed by atoms with Crippen LogP contribution in [0, 0.1) is 0 Å². The van der Waals surface area contributed by atoms with E-state index in [9.17, 15) is 13.2 Å². The van der Waals surface area contributed by atoms with E-state index in [1.807, 2.05) is 24.3 Å². The molecule has 25 heavy (non-hydrogen) atoms. The predicted molar refractivity (Wildman–Crippen MR) is 93.1 cm³/mol. The van der Waals surface area contributed by atoms with Crippen molar-refractivity contribution in [1.82, 2.24) is 9.62 Å². The number of nitrogens with one attached hydrogen (secondary N) is 1. The smallest absolute Gasteiger partial charge is 0.230 e. The van der Waals surface area contributed by atoms with Crippen molar-refractivity contribution >= 4 is 15.9 Å². The number of hydrogen-bond donors (Lipinski definition) is 1. The Labute approximate surface area is 148 Å². The number of nitrogens with zero attached hydrogens (tertiary/aromatic N) is 1. The molecule has 1 heterocycles. The summed E-state index contributed by atoms with van der Waals surface area (Å²) in [5, 5.41) is 2.94. The molecule has 3 rings (SSSR count). The highest BCUT2D eigenvalue weighted by atomic mass is 32.2. The van der Waals surface area contributed by atoms with Crippen molar-refractivity contribution in [3.05, 3.63) is 29.8 Å². The standard InChI is InChI=1S/C17H24N2O5S/c1-23-14-5-3-13(4-6-14)17(7-8-17)16(20)18-11-15-12-19(9-10-24-15)25(2,21)22/h3-6,15H,7-12H2,1-2H3,(H,18,20)/t15-/m0/s1. The number of amides is 1. The molecule has 2 fully saturated rings. The van der Waals surface area contributed by atoms with E-state index in [1.54, 1.807) is 7.11 Å². The van der Waals surface area contributed by atoms with Gasteiger partial charge in [-0.25, -0.2) is 8.42 Å². The SMILES string of the molecule is COc1ccc(C2(C(=O)NC[C@H]3CN(S(C)(=O)=O)CCO3)CC2)cc1. The maximum Gasteiger partial charge on any atom is 0.230 e. The van der Waals surface area contributed by atoms with E-state index in [0.717, 1.165) is 24.2 Å². The average molecular weight is 368 g/mol. The summed E-state index contributed by atoms with van der Waals surface area (Å²) in [6.45, 7) is 1.29. The number of ether oxygens (including phenoxy) is 2. The fraction of sp³-hybridized carbons (Fsp3) is 0.588. The molecule has 0 unspecified atom stereocenters. The highest BCUT2D eigenvalue weighted by molar-refractivity contribution is 7.88. The van der Waals surface area contributed by atoms with Crippen LogP contribution < -0.4 is 10.1 Å². The van der Waals surface area contributed by atoms with Crippen LogP contribution >= 0.6 is 0 Å². The summed E-state index contributed by atoms with van der Waals surface area (Å²) in [4.78, 5) is 12.7. The van der Waals surface area contributed by atoms with Crippen molar-refractivity contribution < 1.29 is 22.7 Å². The normalized spacial score (nSPS) is 23.0. The molecule has 138 valence electrons. The first-order valence-electron chi connectivity index (χ1n) is 8.35. The molecular weight excluding hydrogens is 344 g/mol. The third-order valence-corrected chi connectivity index (χ3v) is 6.16. The zero-order chi connectivity index (χ0) is 18.1. The van der Waals surface area contributed by atoms with Gasteiger partial charge in [0.25, 0.3) is 0 Å². The van der Waals surface area contributed by atoms with Crippen LogP contribution in [0.3, 0.4) is 0 Å². The van der Waals surface area contributed by atoms with Gasteiger partial charge in [0.1, 0.15) is 5.75 Å². The van der Waals surface area contributed by atoms with Crippen molar-refractivity contribution in [2.24, 2.45) is 0 Å². The van der Waals surface area contributed by atoms with Gasteiger partial charge >= 0.3 is 0 Å². The molecule has 0 spiro atoms. The Kier molecular flexibility index (Phi) is 5.04. The van der Waals surface area contributed by atoms with Gasteiger partial charge in [0.2, 0.25) is 15.9 Å². The van der Waals surface area contributed by atoms with Crippen molar-refractivity contribution in [1.29, 1.82) is 0 Å². The molecule has 1 saturated carbocycles. The lowest BCUT2D eigenvalue weighted by Crippen LogP contribution is -2.50. The van der Waals surface area contributed by atoms with Crippen LogP contribution in [-0.4, -0.2) is 64.3 Å². The Morgan fingerprint density at radius 3 is 2.60 bits per heavy atom. The maximum absolute atomic E-state index is 12.7. The molecule has 1 aliphatic carbocycles. The van der Waals surface area contributed by atoms with Crippen LogP contribution in [0.15, 0.2) is 24.3 Å². The number of carbonyl (C=O) groups excluding carboxylic acids is 1. The van der Waals surface area contributed by atoms with Crippen LogP contribution in [0.2, 0.25) is 0 Å². The number of hydrogen-bond acceptors (Lipinski definition) is 5. The molecule has 8 heteroatoms. The first kappa shape index (κ1) is 18.2. The molecule has 1 aliphatic heterocycles. The zero-order valence-electron chi connectivity index (χ0n) is 14.5. The van der Waals surface area contributed by atoms with Gasteiger partial charge in [-0.1, -0.05) is 12.1 Å². The summed E-state index contributed by atoms with van der Waals surface area (Å²) >= 11 is 0. The fourth-order valence-corrected chi connectivity index (χ4v) is 4.02. The summed E-state index contributed by atoms with van der Waals surface area (Å²) in [5.41, 5.74) is 0.505. The number of sulfonamides is 1. The Hall–Kier alpha value is -1.64. The minimum absolute atomic E-state index is 0.0299. The summed E-state index contributed by atoms with van der Waals surface area (Å²) < 4.78 is 35.4. The molecule has 7 nitrogen and oxygen atoms in total. The van der Waals surface area contributed by atoms with Gasteiger partial charge in [-0.3, -0.25) is 4.79 Å². The largest absolute Gasteiger partial charge is 0.497 e. The second kappa shape index (κ2) is 6.93. The van der Waals surface area contributed by atoms with Crippen LogP contribution in [0.4, 0.5) is 0 Å². The van der Waals surface area contributed by atoms with E-state index in [-0.39, 0.29) is 18.6 Å². The first-order chi connectivity index (χ1) is 11.8. The molecule has 1 aromatic rings. The maximum atomic E-state index is 12.7. The van der Waals surface area contributed by atoms with Crippen LogP contribution in [-0.2, 0) is 25.0 Å². The van der Waals surface area contributed by atoms with Crippen molar-refractivity contribution in [3.63, 3.8) is 0 Å². The number of benzene rings is 1. The molecule has 1 saturated heterocycles. The fourth-order valence-electron chi connectivity index (χ4n) is 3.17. The zero-order valence-corrected chi connectivity index (χ0v) is 15.3. The summed E-state index contributed by atoms with van der Waals surface area (Å²) in [6.07, 6.45) is 2.49. The number of rotatable bonds is 6. The van der Waals surface area contributed by atoms with E-state index in [2.05, 4.69) is 5.32 Å². The molecule has 1 aromatic carbocycles. The molecule has 0 radical (unpaired) electrons. The van der Waals surface area contributed by atoms with Crippen LogP contribution in [0.5, 0.6) is 5.75 Å². The van der Waals surface area contributed by atoms with Crippen LogP contribution in [0.25, 0.3) is 0 Å². The van der Waals surface area contributed by atoms with Gasteiger partial charge < -0.3 is 14.8 Å². The lowest BCUT2D eigenvalue weighted by molar-refractivity contribution is -0.124. The average Bonchev–Trinajstić information content (AvgIpc) is 3.41. The molecular formula is C17H24N2O5S. The Balaban J connectivity index is 1.58. The van der Waals surface area contributed by atoms with Gasteiger partial charge in [0.15, 0.2) is 0 Å².